The van der Waals surface area contributed by atoms with Crippen LogP contribution in [0.25, 0.3) is 0 Å². The highest BCUT2D eigenvalue weighted by Crippen LogP contribution is 2.06. The average molecular weight is 283 g/mol. The minimum atomic E-state index is -0.629. The number of hydrogen-bond acceptors (Lipinski definition) is 4. The van der Waals surface area contributed by atoms with Crippen LogP contribution in [-0.4, -0.2) is 60.1 Å². The molecule has 20 heavy (non-hydrogen) atoms. The second-order valence-corrected chi connectivity index (χ2v) is 4.63. The Hall–Kier alpha value is -2.02. The van der Waals surface area contributed by atoms with Crippen molar-refractivity contribution in [1.82, 2.24) is 15.1 Å². The first kappa shape index (κ1) is 16.0. The number of likely N-dealkylation sites (N-methyl/N-ethyl adjacent to an activating group) is 1. The molecule has 0 bridgehead atoms. The van der Waals surface area contributed by atoms with E-state index in [-0.39, 0.29) is 25.6 Å². The molecule has 1 rings (SSSR count). The SMILES string of the molecule is C[C@H](NC(=O)N(CCO)Cc1ccco1)C(=O)N(C)C. The highest BCUT2D eigenvalue weighted by molar-refractivity contribution is 5.86. The number of carbonyl (C=O) groups excluding carboxylic acids is 2. The lowest BCUT2D eigenvalue weighted by Crippen LogP contribution is -2.49. The molecule has 7 heteroatoms. The van der Waals surface area contributed by atoms with Crippen LogP contribution in [0.4, 0.5) is 4.79 Å². The maximum Gasteiger partial charge on any atom is 0.318 e. The molecule has 7 nitrogen and oxygen atoms in total. The van der Waals surface area contributed by atoms with Gasteiger partial charge in [-0.2, -0.15) is 0 Å². The molecule has 1 heterocycles. The van der Waals surface area contributed by atoms with Gasteiger partial charge in [0.25, 0.3) is 0 Å². The van der Waals surface area contributed by atoms with Crippen LogP contribution in [0.3, 0.4) is 0 Å². The normalized spacial score (nSPS) is 11.8. The largest absolute Gasteiger partial charge is 0.467 e. The molecule has 112 valence electrons. The van der Waals surface area contributed by atoms with Gasteiger partial charge >= 0.3 is 6.03 Å². The Kier molecular flexibility index (Phi) is 6.05. The van der Waals surface area contributed by atoms with Gasteiger partial charge in [0.1, 0.15) is 11.8 Å². The monoisotopic (exact) mass is 283 g/mol. The summed E-state index contributed by atoms with van der Waals surface area (Å²) in [5.41, 5.74) is 0. The number of aliphatic hydroxyl groups excluding tert-OH is 1. The maximum atomic E-state index is 12.1. The van der Waals surface area contributed by atoms with Crippen molar-refractivity contribution in [1.29, 1.82) is 0 Å². The Balaban J connectivity index is 2.62. The van der Waals surface area contributed by atoms with Crippen molar-refractivity contribution in [3.8, 4) is 0 Å². The van der Waals surface area contributed by atoms with E-state index in [2.05, 4.69) is 5.32 Å². The van der Waals surface area contributed by atoms with Crippen molar-refractivity contribution in [3.05, 3.63) is 24.2 Å². The maximum absolute atomic E-state index is 12.1. The van der Waals surface area contributed by atoms with Gasteiger partial charge in [0.2, 0.25) is 5.91 Å². The van der Waals surface area contributed by atoms with E-state index in [9.17, 15) is 9.59 Å². The first-order chi connectivity index (χ1) is 9.45. The second kappa shape index (κ2) is 7.54. The summed E-state index contributed by atoms with van der Waals surface area (Å²) in [6, 6.07) is 2.42. The first-order valence-corrected chi connectivity index (χ1v) is 6.35. The van der Waals surface area contributed by atoms with Crippen LogP contribution in [0.1, 0.15) is 12.7 Å². The summed E-state index contributed by atoms with van der Waals surface area (Å²) in [6.45, 7) is 1.85. The van der Waals surface area contributed by atoms with Crippen molar-refractivity contribution in [2.75, 3.05) is 27.2 Å². The summed E-state index contributed by atoms with van der Waals surface area (Å²) in [6.07, 6.45) is 1.52. The predicted molar refractivity (Wildman–Crippen MR) is 72.9 cm³/mol. The van der Waals surface area contributed by atoms with E-state index < -0.39 is 12.1 Å². The zero-order valence-corrected chi connectivity index (χ0v) is 12.0. The van der Waals surface area contributed by atoms with Gasteiger partial charge in [-0.15, -0.1) is 0 Å². The fourth-order valence-corrected chi connectivity index (χ4v) is 1.69. The van der Waals surface area contributed by atoms with Gasteiger partial charge in [-0.3, -0.25) is 4.79 Å². The molecule has 0 aliphatic carbocycles. The Morgan fingerprint density at radius 1 is 1.45 bits per heavy atom. The van der Waals surface area contributed by atoms with E-state index in [1.807, 2.05) is 0 Å². The Morgan fingerprint density at radius 2 is 2.15 bits per heavy atom. The highest BCUT2D eigenvalue weighted by atomic mass is 16.3. The summed E-state index contributed by atoms with van der Waals surface area (Å²) < 4.78 is 5.17. The molecule has 1 aromatic rings. The number of urea groups is 1. The first-order valence-electron chi connectivity index (χ1n) is 6.35. The zero-order valence-electron chi connectivity index (χ0n) is 12.0. The summed E-state index contributed by atoms with van der Waals surface area (Å²) in [5.74, 6) is 0.417. The van der Waals surface area contributed by atoms with Crippen molar-refractivity contribution in [2.24, 2.45) is 0 Å². The Morgan fingerprint density at radius 3 is 2.65 bits per heavy atom. The number of amides is 3. The third kappa shape index (κ3) is 4.58. The molecule has 0 fully saturated rings. The average Bonchev–Trinajstić information content (AvgIpc) is 2.89. The number of hydrogen-bond donors (Lipinski definition) is 2. The number of carbonyl (C=O) groups is 2. The van der Waals surface area contributed by atoms with Crippen LogP contribution >= 0.6 is 0 Å². The van der Waals surface area contributed by atoms with Crippen LogP contribution in [0.15, 0.2) is 22.8 Å². The number of nitrogens with one attached hydrogen (secondary N) is 1. The minimum Gasteiger partial charge on any atom is -0.467 e. The van der Waals surface area contributed by atoms with Crippen LogP contribution in [0.5, 0.6) is 0 Å². The van der Waals surface area contributed by atoms with Gasteiger partial charge in [0, 0.05) is 20.6 Å². The van der Waals surface area contributed by atoms with Gasteiger partial charge in [-0.25, -0.2) is 4.79 Å². The molecule has 2 N–H and O–H groups in total. The topological polar surface area (TPSA) is 86.0 Å². The van der Waals surface area contributed by atoms with Crippen LogP contribution in [0.2, 0.25) is 0 Å². The molecule has 0 spiro atoms. The Labute approximate surface area is 118 Å². The van der Waals surface area contributed by atoms with Crippen molar-refractivity contribution >= 4 is 11.9 Å². The summed E-state index contributed by atoms with van der Waals surface area (Å²) in [4.78, 5) is 26.6. The number of aliphatic hydroxyl groups is 1. The van der Waals surface area contributed by atoms with E-state index in [0.717, 1.165) is 0 Å². The number of nitrogens with zero attached hydrogens (tertiary/aromatic N) is 2. The van der Waals surface area contributed by atoms with E-state index in [1.54, 1.807) is 33.2 Å². The highest BCUT2D eigenvalue weighted by Gasteiger charge is 2.21. The molecule has 0 aliphatic rings. The molecule has 0 saturated heterocycles. The zero-order chi connectivity index (χ0) is 15.1. The molecule has 0 aliphatic heterocycles. The molecule has 1 aromatic heterocycles. The fourth-order valence-electron chi connectivity index (χ4n) is 1.69. The third-order valence-electron chi connectivity index (χ3n) is 2.74. The van der Waals surface area contributed by atoms with Crippen LogP contribution < -0.4 is 5.32 Å². The van der Waals surface area contributed by atoms with E-state index >= 15 is 0 Å². The van der Waals surface area contributed by atoms with Crippen LogP contribution in [-0.2, 0) is 11.3 Å². The lowest BCUT2D eigenvalue weighted by molar-refractivity contribution is -0.130. The van der Waals surface area contributed by atoms with Gasteiger partial charge in [0.15, 0.2) is 0 Å². The summed E-state index contributed by atoms with van der Waals surface area (Å²) in [5, 5.41) is 11.6. The van der Waals surface area contributed by atoms with Gasteiger partial charge in [-0.05, 0) is 19.1 Å². The lowest BCUT2D eigenvalue weighted by atomic mass is 10.3. The number of rotatable bonds is 6. The minimum absolute atomic E-state index is 0.162. The number of furan rings is 1. The molecule has 0 unspecified atom stereocenters. The summed E-state index contributed by atoms with van der Waals surface area (Å²) in [7, 11) is 3.25. The van der Waals surface area contributed by atoms with Gasteiger partial charge in [-0.1, -0.05) is 0 Å². The van der Waals surface area contributed by atoms with Gasteiger partial charge < -0.3 is 24.6 Å². The molecular weight excluding hydrogens is 262 g/mol. The quantitative estimate of drug-likeness (QED) is 0.784. The van der Waals surface area contributed by atoms with E-state index in [0.29, 0.717) is 5.76 Å². The molecule has 0 saturated carbocycles. The molecular formula is C13H21N3O4. The van der Waals surface area contributed by atoms with Crippen molar-refractivity contribution in [2.45, 2.75) is 19.5 Å². The summed E-state index contributed by atoms with van der Waals surface area (Å²) >= 11 is 0. The smallest absolute Gasteiger partial charge is 0.318 e. The molecule has 1 atom stereocenters. The van der Waals surface area contributed by atoms with Gasteiger partial charge in [0.05, 0.1) is 19.4 Å². The predicted octanol–water partition coefficient (Wildman–Crippen LogP) is 0.260. The second-order valence-electron chi connectivity index (χ2n) is 4.63. The molecule has 0 aromatic carbocycles. The standard InChI is InChI=1S/C13H21N3O4/c1-10(12(18)15(2)3)14-13(19)16(6-7-17)9-11-5-4-8-20-11/h4-5,8,10,17H,6-7,9H2,1-3H3,(H,14,19)/t10-/m0/s1. The van der Waals surface area contributed by atoms with E-state index in [4.69, 9.17) is 9.52 Å². The molecule has 0 radical (unpaired) electrons. The third-order valence-corrected chi connectivity index (χ3v) is 2.74. The molecule has 3 amide bonds. The van der Waals surface area contributed by atoms with Crippen molar-refractivity contribution < 1.29 is 19.1 Å². The van der Waals surface area contributed by atoms with Crippen molar-refractivity contribution in [3.63, 3.8) is 0 Å². The Bertz CT molecular complexity index is 431. The lowest BCUT2D eigenvalue weighted by Gasteiger charge is -2.24. The van der Waals surface area contributed by atoms with Crippen LogP contribution in [0, 0.1) is 0 Å². The van der Waals surface area contributed by atoms with E-state index in [1.165, 1.54) is 16.1 Å². The fraction of sp³-hybridized carbons (Fsp3) is 0.538.